The lowest BCUT2D eigenvalue weighted by Crippen LogP contribution is -2.36. The van der Waals surface area contributed by atoms with Crippen molar-refractivity contribution in [3.8, 4) is 0 Å². The molecule has 0 heterocycles. The van der Waals surface area contributed by atoms with Gasteiger partial charge < -0.3 is 5.32 Å². The first-order valence-corrected chi connectivity index (χ1v) is 9.90. The molecule has 1 amide bonds. The van der Waals surface area contributed by atoms with Crippen molar-refractivity contribution in [2.24, 2.45) is 0 Å². The predicted molar refractivity (Wildman–Crippen MR) is 119 cm³/mol. The molecule has 0 bridgehead atoms. The molecule has 1 atom stereocenters. The Labute approximate surface area is 184 Å². The third-order valence-electron chi connectivity index (χ3n) is 5.05. The number of nitrogens with zero attached hydrogens (tertiary/aromatic N) is 1. The van der Waals surface area contributed by atoms with Crippen molar-refractivity contribution in [2.45, 2.75) is 19.9 Å². The number of Topliss-reactive ketones (excluding diaryl/α,β-unsaturated/α-hetero) is 1. The van der Waals surface area contributed by atoms with Gasteiger partial charge in [0.1, 0.15) is 11.9 Å². The number of rotatable bonds is 8. The Morgan fingerprint density at radius 2 is 1.66 bits per heavy atom. The molecule has 8 heteroatoms. The Morgan fingerprint density at radius 3 is 2.31 bits per heavy atom. The number of hydrogen-bond acceptors (Lipinski definition) is 5. The summed E-state index contributed by atoms with van der Waals surface area (Å²) in [5.41, 5.74) is 2.33. The minimum Gasteiger partial charge on any atom is -0.324 e. The molecule has 0 spiro atoms. The van der Waals surface area contributed by atoms with E-state index in [1.165, 1.54) is 36.4 Å². The lowest BCUT2D eigenvalue weighted by molar-refractivity contribution is -0.384. The van der Waals surface area contributed by atoms with Gasteiger partial charge in [0.2, 0.25) is 5.91 Å². The molecule has 0 fully saturated rings. The molecule has 3 aromatic rings. The summed E-state index contributed by atoms with van der Waals surface area (Å²) in [6.45, 7) is 3.36. The molecule has 2 N–H and O–H groups in total. The van der Waals surface area contributed by atoms with Gasteiger partial charge in [-0.1, -0.05) is 42.5 Å². The first kappa shape index (κ1) is 22.8. The standard InChI is InChI=1S/C24H22FN3O4/c1-15-7-5-8-16(2)22(15)27-24(30)23(17-9-6-10-18(13-17)28(31)32)26-14-21(29)19-11-3-4-12-20(19)25/h3-13,23,26H,14H2,1-2H3,(H,27,30). The summed E-state index contributed by atoms with van der Waals surface area (Å²) in [5.74, 6) is -1.70. The largest absolute Gasteiger partial charge is 0.324 e. The minimum absolute atomic E-state index is 0.104. The normalized spacial score (nSPS) is 11.6. The van der Waals surface area contributed by atoms with Crippen LogP contribution in [-0.4, -0.2) is 23.2 Å². The molecule has 0 aliphatic carbocycles. The number of para-hydroxylation sites is 1. The van der Waals surface area contributed by atoms with Crippen LogP contribution in [0.2, 0.25) is 0 Å². The van der Waals surface area contributed by atoms with Crippen molar-refractivity contribution in [1.29, 1.82) is 0 Å². The number of nitro groups is 1. The summed E-state index contributed by atoms with van der Waals surface area (Å²) in [7, 11) is 0. The molecule has 164 valence electrons. The van der Waals surface area contributed by atoms with E-state index in [1.54, 1.807) is 12.1 Å². The zero-order valence-corrected chi connectivity index (χ0v) is 17.6. The van der Waals surface area contributed by atoms with Crippen LogP contribution in [0, 0.1) is 29.8 Å². The van der Waals surface area contributed by atoms with Gasteiger partial charge in [-0.2, -0.15) is 0 Å². The molecule has 0 saturated carbocycles. The molecule has 3 aromatic carbocycles. The molecule has 0 aliphatic rings. The molecule has 32 heavy (non-hydrogen) atoms. The van der Waals surface area contributed by atoms with Gasteiger partial charge >= 0.3 is 0 Å². The van der Waals surface area contributed by atoms with Crippen LogP contribution in [0.1, 0.15) is 33.1 Å². The highest BCUT2D eigenvalue weighted by Crippen LogP contribution is 2.24. The third-order valence-corrected chi connectivity index (χ3v) is 5.05. The molecule has 7 nitrogen and oxygen atoms in total. The second kappa shape index (κ2) is 9.93. The van der Waals surface area contributed by atoms with E-state index < -0.39 is 28.5 Å². The molecule has 0 radical (unpaired) electrons. The van der Waals surface area contributed by atoms with E-state index in [1.807, 2.05) is 32.0 Å². The fourth-order valence-corrected chi connectivity index (χ4v) is 3.36. The summed E-state index contributed by atoms with van der Waals surface area (Å²) in [4.78, 5) is 36.4. The number of non-ortho nitro benzene ring substituents is 1. The zero-order chi connectivity index (χ0) is 23.3. The van der Waals surface area contributed by atoms with Gasteiger partial charge in [0, 0.05) is 17.8 Å². The molecular weight excluding hydrogens is 413 g/mol. The Morgan fingerprint density at radius 1 is 1.00 bits per heavy atom. The summed E-state index contributed by atoms with van der Waals surface area (Å²) in [5, 5.41) is 16.9. The molecule has 3 rings (SSSR count). The summed E-state index contributed by atoms with van der Waals surface area (Å²) >= 11 is 0. The van der Waals surface area contributed by atoms with Gasteiger partial charge in [-0.25, -0.2) is 4.39 Å². The van der Waals surface area contributed by atoms with E-state index in [0.717, 1.165) is 11.1 Å². The van der Waals surface area contributed by atoms with Crippen molar-refractivity contribution in [2.75, 3.05) is 11.9 Å². The summed E-state index contributed by atoms with van der Waals surface area (Å²) in [6, 6.07) is 15.6. The van der Waals surface area contributed by atoms with Crippen molar-refractivity contribution < 1.29 is 18.9 Å². The van der Waals surface area contributed by atoms with Crippen molar-refractivity contribution in [1.82, 2.24) is 5.32 Å². The van der Waals surface area contributed by atoms with E-state index in [4.69, 9.17) is 0 Å². The predicted octanol–water partition coefficient (Wildman–Crippen LogP) is 4.50. The van der Waals surface area contributed by atoms with Crippen LogP contribution in [0.15, 0.2) is 66.7 Å². The highest BCUT2D eigenvalue weighted by atomic mass is 19.1. The van der Waals surface area contributed by atoms with Crippen molar-refractivity contribution in [3.05, 3.63) is 105 Å². The third kappa shape index (κ3) is 5.22. The number of hydrogen-bond donors (Lipinski definition) is 2. The van der Waals surface area contributed by atoms with E-state index in [9.17, 15) is 24.1 Å². The smallest absolute Gasteiger partial charge is 0.269 e. The number of benzene rings is 3. The maximum Gasteiger partial charge on any atom is 0.269 e. The number of aryl methyl sites for hydroxylation is 2. The van der Waals surface area contributed by atoms with E-state index in [-0.39, 0.29) is 17.8 Å². The number of carbonyl (C=O) groups is 2. The van der Waals surface area contributed by atoms with E-state index in [2.05, 4.69) is 10.6 Å². The molecule has 0 aliphatic heterocycles. The Hall–Kier alpha value is -3.91. The van der Waals surface area contributed by atoms with Crippen LogP contribution in [0.5, 0.6) is 0 Å². The first-order valence-electron chi connectivity index (χ1n) is 9.90. The maximum atomic E-state index is 14.0. The second-order valence-electron chi connectivity index (χ2n) is 7.33. The van der Waals surface area contributed by atoms with Gasteiger partial charge in [-0.05, 0) is 42.7 Å². The first-order chi connectivity index (χ1) is 15.3. The quantitative estimate of drug-likeness (QED) is 0.308. The van der Waals surface area contributed by atoms with Crippen LogP contribution in [0.4, 0.5) is 15.8 Å². The van der Waals surface area contributed by atoms with Gasteiger partial charge in [0.05, 0.1) is 17.0 Å². The molecular formula is C24H22FN3O4. The van der Waals surface area contributed by atoms with Crippen LogP contribution in [-0.2, 0) is 4.79 Å². The second-order valence-corrected chi connectivity index (χ2v) is 7.33. The number of carbonyl (C=O) groups excluding carboxylic acids is 2. The Kier molecular flexibility index (Phi) is 7.07. The Bertz CT molecular complexity index is 1160. The van der Waals surface area contributed by atoms with Crippen LogP contribution < -0.4 is 10.6 Å². The molecule has 0 saturated heterocycles. The van der Waals surface area contributed by atoms with Gasteiger partial charge in [0.25, 0.3) is 5.69 Å². The van der Waals surface area contributed by atoms with Crippen LogP contribution in [0.3, 0.4) is 0 Å². The number of anilines is 1. The van der Waals surface area contributed by atoms with E-state index in [0.29, 0.717) is 11.3 Å². The fraction of sp³-hybridized carbons (Fsp3) is 0.167. The topological polar surface area (TPSA) is 101 Å². The minimum atomic E-state index is -1.08. The number of ketones is 1. The van der Waals surface area contributed by atoms with Gasteiger partial charge in [-0.15, -0.1) is 0 Å². The summed E-state index contributed by atoms with van der Waals surface area (Å²) < 4.78 is 14.0. The average molecular weight is 435 g/mol. The fourth-order valence-electron chi connectivity index (χ4n) is 3.36. The van der Waals surface area contributed by atoms with Crippen molar-refractivity contribution in [3.63, 3.8) is 0 Å². The highest BCUT2D eigenvalue weighted by Gasteiger charge is 2.24. The summed E-state index contributed by atoms with van der Waals surface area (Å²) in [6.07, 6.45) is 0. The molecule has 0 aromatic heterocycles. The maximum absolute atomic E-state index is 14.0. The van der Waals surface area contributed by atoms with E-state index >= 15 is 0 Å². The van der Waals surface area contributed by atoms with Gasteiger partial charge in [-0.3, -0.25) is 25.0 Å². The number of nitro benzene ring substituents is 1. The zero-order valence-electron chi connectivity index (χ0n) is 17.6. The number of nitrogens with one attached hydrogen (secondary N) is 2. The van der Waals surface area contributed by atoms with Gasteiger partial charge in [0.15, 0.2) is 5.78 Å². The molecule has 1 unspecified atom stereocenters. The number of amides is 1. The van der Waals surface area contributed by atoms with Crippen LogP contribution in [0.25, 0.3) is 0 Å². The average Bonchev–Trinajstić information content (AvgIpc) is 2.77. The highest BCUT2D eigenvalue weighted by molar-refractivity contribution is 6.00. The monoisotopic (exact) mass is 435 g/mol. The SMILES string of the molecule is Cc1cccc(C)c1NC(=O)C(NCC(=O)c1ccccc1F)c1cccc([N+](=O)[O-])c1. The Balaban J connectivity index is 1.90. The lowest BCUT2D eigenvalue weighted by Gasteiger charge is -2.20. The number of halogens is 1. The van der Waals surface area contributed by atoms with Crippen molar-refractivity contribution >= 4 is 23.1 Å². The van der Waals surface area contributed by atoms with Crippen LogP contribution >= 0.6 is 0 Å². The lowest BCUT2D eigenvalue weighted by atomic mass is 10.0.